The first-order valence-electron chi connectivity index (χ1n) is 7.75. The minimum Gasteiger partial charge on any atom is -0.381 e. The van der Waals surface area contributed by atoms with Gasteiger partial charge in [-0.3, -0.25) is 0 Å². The Bertz CT molecular complexity index is 442. The molecule has 0 amide bonds. The van der Waals surface area contributed by atoms with E-state index in [1.54, 1.807) is 7.11 Å². The smallest absolute Gasteiger partial charge is 0.0642 e. The van der Waals surface area contributed by atoms with E-state index in [1.807, 2.05) is 0 Å². The molecule has 1 N–H and O–H groups in total. The van der Waals surface area contributed by atoms with Crippen LogP contribution in [0.3, 0.4) is 0 Å². The molecule has 1 fully saturated rings. The number of hydrogen-bond acceptors (Lipinski definition) is 4. The quantitative estimate of drug-likeness (QED) is 0.873. The zero-order valence-corrected chi connectivity index (χ0v) is 13.7. The molecular weight excluding hydrogens is 264 g/mol. The molecule has 0 bridgehead atoms. The first-order chi connectivity index (χ1) is 10.0. The minimum absolute atomic E-state index is 0.111. The van der Waals surface area contributed by atoms with Crippen LogP contribution in [0.2, 0.25) is 0 Å². The summed E-state index contributed by atoms with van der Waals surface area (Å²) in [5.74, 6) is 0. The Kier molecular flexibility index (Phi) is 5.48. The van der Waals surface area contributed by atoms with Crippen LogP contribution in [0.25, 0.3) is 0 Å². The van der Waals surface area contributed by atoms with Crippen LogP contribution < -0.4 is 10.2 Å². The summed E-state index contributed by atoms with van der Waals surface area (Å²) in [5.41, 5.74) is 2.35. The Labute approximate surface area is 128 Å². The van der Waals surface area contributed by atoms with Crippen LogP contribution in [0.1, 0.15) is 27.2 Å². The topological polar surface area (TPSA) is 33.7 Å². The van der Waals surface area contributed by atoms with Crippen molar-refractivity contribution in [2.24, 2.45) is 0 Å². The molecule has 1 saturated heterocycles. The Morgan fingerprint density at radius 1 is 1.29 bits per heavy atom. The number of hydrogen-bond donors (Lipinski definition) is 1. The van der Waals surface area contributed by atoms with Gasteiger partial charge in [0.15, 0.2) is 0 Å². The number of para-hydroxylation sites is 2. The monoisotopic (exact) mass is 292 g/mol. The Balaban J connectivity index is 2.05. The molecule has 1 atom stereocenters. The van der Waals surface area contributed by atoms with Crippen LogP contribution in [0, 0.1) is 0 Å². The van der Waals surface area contributed by atoms with E-state index in [0.29, 0.717) is 6.04 Å². The second-order valence-electron chi connectivity index (χ2n) is 6.33. The van der Waals surface area contributed by atoms with E-state index >= 15 is 0 Å². The molecule has 0 radical (unpaired) electrons. The highest BCUT2D eigenvalue weighted by atomic mass is 16.5. The molecule has 118 valence electrons. The lowest BCUT2D eigenvalue weighted by Crippen LogP contribution is -2.37. The number of nitrogens with zero attached hydrogens (tertiary/aromatic N) is 1. The molecule has 1 heterocycles. The molecule has 4 nitrogen and oxygen atoms in total. The van der Waals surface area contributed by atoms with Gasteiger partial charge in [0, 0.05) is 26.2 Å². The maximum absolute atomic E-state index is 5.53. The van der Waals surface area contributed by atoms with Crippen molar-refractivity contribution >= 4 is 11.4 Å². The van der Waals surface area contributed by atoms with E-state index in [-0.39, 0.29) is 5.60 Å². The SMILES string of the molecule is COC(C)(C)CC(C)Nc1ccccc1N1CCOCC1. The number of morpholine rings is 1. The lowest BCUT2D eigenvalue weighted by atomic mass is 9.99. The number of nitrogens with one attached hydrogen (secondary N) is 1. The van der Waals surface area contributed by atoms with Crippen molar-refractivity contribution in [2.45, 2.75) is 38.8 Å². The molecule has 2 rings (SSSR count). The summed E-state index contributed by atoms with van der Waals surface area (Å²) in [4.78, 5) is 2.39. The number of anilines is 2. The van der Waals surface area contributed by atoms with Gasteiger partial charge in [0.25, 0.3) is 0 Å². The van der Waals surface area contributed by atoms with Crippen LogP contribution >= 0.6 is 0 Å². The Hall–Kier alpha value is -1.26. The van der Waals surface area contributed by atoms with Gasteiger partial charge in [-0.25, -0.2) is 0 Å². The number of benzene rings is 1. The van der Waals surface area contributed by atoms with Crippen molar-refractivity contribution in [1.29, 1.82) is 0 Å². The molecule has 1 unspecified atom stereocenters. The minimum atomic E-state index is -0.111. The molecule has 4 heteroatoms. The van der Waals surface area contributed by atoms with Crippen molar-refractivity contribution in [2.75, 3.05) is 43.6 Å². The molecule has 0 saturated carbocycles. The van der Waals surface area contributed by atoms with Gasteiger partial charge >= 0.3 is 0 Å². The molecule has 1 aromatic carbocycles. The van der Waals surface area contributed by atoms with E-state index in [2.05, 4.69) is 55.3 Å². The lowest BCUT2D eigenvalue weighted by Gasteiger charge is -2.32. The van der Waals surface area contributed by atoms with E-state index in [4.69, 9.17) is 9.47 Å². The molecular formula is C17H28N2O2. The van der Waals surface area contributed by atoms with Crippen LogP contribution in [0.15, 0.2) is 24.3 Å². The summed E-state index contributed by atoms with van der Waals surface area (Å²) in [5, 5.41) is 3.64. The fraction of sp³-hybridized carbons (Fsp3) is 0.647. The average molecular weight is 292 g/mol. The van der Waals surface area contributed by atoms with Crippen molar-refractivity contribution in [1.82, 2.24) is 0 Å². The van der Waals surface area contributed by atoms with Gasteiger partial charge in [-0.2, -0.15) is 0 Å². The standard InChI is InChI=1S/C17H28N2O2/c1-14(13-17(2,3)20-4)18-15-7-5-6-8-16(15)19-9-11-21-12-10-19/h5-8,14,18H,9-13H2,1-4H3. The van der Waals surface area contributed by atoms with Crippen molar-refractivity contribution in [3.8, 4) is 0 Å². The summed E-state index contributed by atoms with van der Waals surface area (Å²) >= 11 is 0. The van der Waals surface area contributed by atoms with E-state index < -0.39 is 0 Å². The zero-order chi connectivity index (χ0) is 15.3. The summed E-state index contributed by atoms with van der Waals surface area (Å²) < 4.78 is 11.0. The first-order valence-corrected chi connectivity index (χ1v) is 7.75. The third-order valence-corrected chi connectivity index (χ3v) is 4.01. The van der Waals surface area contributed by atoms with E-state index in [9.17, 15) is 0 Å². The second kappa shape index (κ2) is 7.14. The third kappa shape index (κ3) is 4.61. The average Bonchev–Trinajstić information content (AvgIpc) is 2.48. The maximum atomic E-state index is 5.53. The van der Waals surface area contributed by atoms with Gasteiger partial charge in [-0.1, -0.05) is 12.1 Å². The van der Waals surface area contributed by atoms with Crippen LogP contribution in [0.5, 0.6) is 0 Å². The van der Waals surface area contributed by atoms with Crippen molar-refractivity contribution < 1.29 is 9.47 Å². The van der Waals surface area contributed by atoms with E-state index in [0.717, 1.165) is 32.7 Å². The van der Waals surface area contributed by atoms with Gasteiger partial charge in [0.1, 0.15) is 0 Å². The van der Waals surface area contributed by atoms with Crippen molar-refractivity contribution in [3.63, 3.8) is 0 Å². The predicted octanol–water partition coefficient (Wildman–Crippen LogP) is 3.14. The van der Waals surface area contributed by atoms with Gasteiger partial charge in [0.2, 0.25) is 0 Å². The normalized spacial score (nSPS) is 17.6. The Morgan fingerprint density at radius 2 is 1.95 bits per heavy atom. The van der Waals surface area contributed by atoms with Crippen LogP contribution in [-0.2, 0) is 9.47 Å². The highest BCUT2D eigenvalue weighted by Gasteiger charge is 2.21. The molecule has 0 aliphatic carbocycles. The molecule has 1 aliphatic heterocycles. The molecule has 0 spiro atoms. The van der Waals surface area contributed by atoms with Gasteiger partial charge in [-0.15, -0.1) is 0 Å². The number of rotatable bonds is 6. The lowest BCUT2D eigenvalue weighted by molar-refractivity contribution is 0.0128. The molecule has 0 aromatic heterocycles. The fourth-order valence-corrected chi connectivity index (χ4v) is 2.81. The highest BCUT2D eigenvalue weighted by molar-refractivity contribution is 5.70. The molecule has 1 aliphatic rings. The predicted molar refractivity (Wildman–Crippen MR) is 88.3 cm³/mol. The van der Waals surface area contributed by atoms with Gasteiger partial charge in [0.05, 0.1) is 30.2 Å². The van der Waals surface area contributed by atoms with Crippen LogP contribution in [-0.4, -0.2) is 45.1 Å². The number of ether oxygens (including phenoxy) is 2. The second-order valence-corrected chi connectivity index (χ2v) is 6.33. The number of methoxy groups -OCH3 is 1. The third-order valence-electron chi connectivity index (χ3n) is 4.01. The first kappa shape index (κ1) is 16.1. The van der Waals surface area contributed by atoms with E-state index in [1.165, 1.54) is 11.4 Å². The fourth-order valence-electron chi connectivity index (χ4n) is 2.81. The molecule has 21 heavy (non-hydrogen) atoms. The summed E-state index contributed by atoms with van der Waals surface area (Å²) in [6, 6.07) is 8.87. The zero-order valence-electron chi connectivity index (χ0n) is 13.7. The van der Waals surface area contributed by atoms with Gasteiger partial charge in [-0.05, 0) is 39.3 Å². The Morgan fingerprint density at radius 3 is 2.62 bits per heavy atom. The van der Waals surface area contributed by atoms with Crippen molar-refractivity contribution in [3.05, 3.63) is 24.3 Å². The molecule has 1 aromatic rings. The highest BCUT2D eigenvalue weighted by Crippen LogP contribution is 2.28. The largest absolute Gasteiger partial charge is 0.381 e. The maximum Gasteiger partial charge on any atom is 0.0642 e. The van der Waals surface area contributed by atoms with Crippen LogP contribution in [0.4, 0.5) is 11.4 Å². The summed E-state index contributed by atoms with van der Waals surface area (Å²) in [6.45, 7) is 9.98. The van der Waals surface area contributed by atoms with Gasteiger partial charge < -0.3 is 19.7 Å². The summed E-state index contributed by atoms with van der Waals surface area (Å²) in [7, 11) is 1.77. The summed E-state index contributed by atoms with van der Waals surface area (Å²) in [6.07, 6.45) is 0.959.